The molecule has 0 aliphatic carbocycles. The van der Waals surface area contributed by atoms with Crippen LogP contribution in [0.15, 0.2) is 47.4 Å². The highest BCUT2D eigenvalue weighted by Crippen LogP contribution is 2.36. The lowest BCUT2D eigenvalue weighted by molar-refractivity contribution is -0.384. The normalized spacial score (nSPS) is 13.8. The summed E-state index contributed by atoms with van der Waals surface area (Å²) in [6.07, 6.45) is 2.20. The van der Waals surface area contributed by atoms with E-state index in [2.05, 4.69) is 14.6 Å². The van der Waals surface area contributed by atoms with Crippen molar-refractivity contribution in [1.29, 1.82) is 0 Å². The molecule has 1 aromatic heterocycles. The molecule has 10 nitrogen and oxygen atoms in total. The molecule has 3 radical (unpaired) electrons. The summed E-state index contributed by atoms with van der Waals surface area (Å²) in [7, 11) is -1.07. The third-order valence-electron chi connectivity index (χ3n) is 5.48. The van der Waals surface area contributed by atoms with Gasteiger partial charge in [-0.1, -0.05) is 23.5 Å². The lowest BCUT2D eigenvalue weighted by atomic mass is 10.1. The maximum absolute atomic E-state index is 13.1. The number of ether oxygens (including phenoxy) is 2. The first-order valence-electron chi connectivity index (χ1n) is 10.5. The molecule has 1 saturated heterocycles. The van der Waals surface area contributed by atoms with Gasteiger partial charge in [0, 0.05) is 43.6 Å². The van der Waals surface area contributed by atoms with Crippen molar-refractivity contribution in [3.8, 4) is 22.8 Å². The van der Waals surface area contributed by atoms with Crippen LogP contribution in [0.2, 0.25) is 0 Å². The zero-order chi connectivity index (χ0) is 24.3. The second kappa shape index (κ2) is 11.1. The molecule has 183 valence electrons. The van der Waals surface area contributed by atoms with E-state index in [0.717, 1.165) is 30.8 Å². The molecule has 1 aliphatic heterocycles. The molecule has 0 saturated carbocycles. The van der Waals surface area contributed by atoms with Crippen LogP contribution >= 0.6 is 11.3 Å². The van der Waals surface area contributed by atoms with Crippen LogP contribution in [-0.4, -0.2) is 58.9 Å². The van der Waals surface area contributed by atoms with E-state index in [1.54, 1.807) is 12.1 Å². The molecule has 0 spiro atoms. The molecule has 0 bridgehead atoms. The molecule has 1 fully saturated rings. The first-order valence-corrected chi connectivity index (χ1v) is 12.8. The minimum Gasteiger partial charge on any atom is -0.493 e. The average molecular weight is 515 g/mol. The number of anilines is 1. The minimum atomic E-state index is -3.96. The summed E-state index contributed by atoms with van der Waals surface area (Å²) in [5.41, 5.74) is 1.05. The maximum atomic E-state index is 13.1. The minimum absolute atomic E-state index is 0. The topological polar surface area (TPSA) is 124 Å². The van der Waals surface area contributed by atoms with Crippen LogP contribution in [0.1, 0.15) is 17.7 Å². The summed E-state index contributed by atoms with van der Waals surface area (Å²) in [4.78, 5) is 18.4. The van der Waals surface area contributed by atoms with Crippen molar-refractivity contribution in [2.75, 3.05) is 32.0 Å². The Labute approximate surface area is 209 Å². The fraction of sp³-hybridized carbons (Fsp3) is 0.318. The number of methoxy groups -OCH3 is 2. The van der Waals surface area contributed by atoms with Crippen LogP contribution in [0.4, 0.5) is 10.8 Å². The predicted molar refractivity (Wildman–Crippen MR) is 135 cm³/mol. The number of aromatic nitrogens is 1. The van der Waals surface area contributed by atoms with E-state index in [1.807, 2.05) is 0 Å². The molecule has 2 heterocycles. The number of rotatable bonds is 9. The summed E-state index contributed by atoms with van der Waals surface area (Å²) >= 11 is 1.23. The van der Waals surface area contributed by atoms with Crippen molar-refractivity contribution >= 4 is 40.6 Å². The zero-order valence-corrected chi connectivity index (χ0v) is 20.9. The number of thiazole rings is 1. The molecule has 0 atom stereocenters. The third-order valence-corrected chi connectivity index (χ3v) is 7.90. The Kier molecular flexibility index (Phi) is 8.36. The number of hydrogen-bond donors (Lipinski definition) is 1. The number of non-ortho nitro benzene ring substituents is 1. The highest BCUT2D eigenvalue weighted by atomic mass is 32.2. The van der Waals surface area contributed by atoms with E-state index >= 15 is 0 Å². The molecule has 0 unspecified atom stereocenters. The first-order chi connectivity index (χ1) is 16.3. The van der Waals surface area contributed by atoms with Crippen molar-refractivity contribution in [3.63, 3.8) is 0 Å². The fourth-order valence-electron chi connectivity index (χ4n) is 3.80. The molecule has 4 rings (SSSR count). The van der Waals surface area contributed by atoms with Gasteiger partial charge in [-0.05, 0) is 38.1 Å². The van der Waals surface area contributed by atoms with Gasteiger partial charge in [0.2, 0.25) is 0 Å². The number of nitrogens with zero attached hydrogens (tertiary/aromatic N) is 3. The number of nitro benzene ring substituents is 1. The van der Waals surface area contributed by atoms with E-state index in [4.69, 9.17) is 9.47 Å². The van der Waals surface area contributed by atoms with E-state index < -0.39 is 14.9 Å². The summed E-state index contributed by atoms with van der Waals surface area (Å²) in [6.45, 7) is 2.48. The van der Waals surface area contributed by atoms with E-state index in [0.29, 0.717) is 23.6 Å². The Morgan fingerprint density at radius 1 is 1.11 bits per heavy atom. The van der Waals surface area contributed by atoms with Crippen LogP contribution in [0, 0.1) is 10.1 Å². The second-order valence-corrected chi connectivity index (χ2v) is 10.5. The van der Waals surface area contributed by atoms with E-state index in [1.165, 1.54) is 55.9 Å². The third kappa shape index (κ3) is 5.92. The number of likely N-dealkylation sites (tertiary alicyclic amines) is 1. The second-order valence-electron chi connectivity index (χ2n) is 7.70. The smallest absolute Gasteiger partial charge is 0.270 e. The highest BCUT2D eigenvalue weighted by molar-refractivity contribution is 7.93. The lowest BCUT2D eigenvalue weighted by Crippen LogP contribution is -2.18. The summed E-state index contributed by atoms with van der Waals surface area (Å²) in [5, 5.41) is 11.5. The van der Waals surface area contributed by atoms with Gasteiger partial charge >= 0.3 is 0 Å². The Balaban J connectivity index is 0.00000342. The van der Waals surface area contributed by atoms with Gasteiger partial charge in [-0.25, -0.2) is 13.4 Å². The predicted octanol–water partition coefficient (Wildman–Crippen LogP) is 3.75. The molecule has 0 amide bonds. The van der Waals surface area contributed by atoms with Crippen molar-refractivity contribution in [2.24, 2.45) is 0 Å². The number of nitrogens with one attached hydrogen (secondary N) is 1. The van der Waals surface area contributed by atoms with Gasteiger partial charge < -0.3 is 9.47 Å². The van der Waals surface area contributed by atoms with E-state index in [-0.39, 0.29) is 29.9 Å². The van der Waals surface area contributed by atoms with Gasteiger partial charge in [-0.3, -0.25) is 19.7 Å². The standard InChI is InChI=1S/C22H24N4O6S2.B/c1-31-18-9-8-17(13-19(18)32-2)34(29,30)24-22-23-21(15-6-5-7-16(12-15)26(27)28)20(33-22)14-25-10-3-4-11-25;/h5-9,12-13H,3-4,10-11,14H2,1-2H3,(H,23,24);. The van der Waals surface area contributed by atoms with Gasteiger partial charge in [0.15, 0.2) is 16.6 Å². The van der Waals surface area contributed by atoms with Crippen molar-refractivity contribution in [2.45, 2.75) is 24.3 Å². The summed E-state index contributed by atoms with van der Waals surface area (Å²) < 4.78 is 39.1. The Morgan fingerprint density at radius 3 is 2.49 bits per heavy atom. The lowest BCUT2D eigenvalue weighted by Gasteiger charge is -2.13. The van der Waals surface area contributed by atoms with Gasteiger partial charge in [0.1, 0.15) is 0 Å². The zero-order valence-electron chi connectivity index (χ0n) is 19.3. The Hall–Kier alpha value is -3.16. The van der Waals surface area contributed by atoms with Crippen molar-refractivity contribution < 1.29 is 22.8 Å². The van der Waals surface area contributed by atoms with Gasteiger partial charge in [-0.2, -0.15) is 0 Å². The van der Waals surface area contributed by atoms with Crippen LogP contribution < -0.4 is 14.2 Å². The monoisotopic (exact) mass is 515 g/mol. The number of hydrogen-bond acceptors (Lipinski definition) is 9. The quantitative estimate of drug-likeness (QED) is 0.260. The van der Waals surface area contributed by atoms with Gasteiger partial charge in [0.05, 0.1) is 29.7 Å². The molecule has 1 N–H and O–H groups in total. The summed E-state index contributed by atoms with van der Waals surface area (Å²) in [6, 6.07) is 10.5. The van der Waals surface area contributed by atoms with Crippen LogP contribution in [0.3, 0.4) is 0 Å². The van der Waals surface area contributed by atoms with Gasteiger partial charge in [-0.15, -0.1) is 0 Å². The molecule has 13 heteroatoms. The Bertz CT molecular complexity index is 1310. The molecular formula is C22H24BN4O6S2. The number of sulfonamides is 1. The highest BCUT2D eigenvalue weighted by Gasteiger charge is 2.23. The van der Waals surface area contributed by atoms with Crippen LogP contribution in [0.5, 0.6) is 11.5 Å². The molecule has 3 aromatic rings. The summed E-state index contributed by atoms with van der Waals surface area (Å²) in [5.74, 6) is 0.702. The fourth-order valence-corrected chi connectivity index (χ4v) is 6.07. The number of benzene rings is 2. The van der Waals surface area contributed by atoms with E-state index in [9.17, 15) is 18.5 Å². The van der Waals surface area contributed by atoms with Crippen LogP contribution in [0.25, 0.3) is 11.3 Å². The molecule has 35 heavy (non-hydrogen) atoms. The Morgan fingerprint density at radius 2 is 1.83 bits per heavy atom. The molecule has 1 aliphatic rings. The average Bonchev–Trinajstić information content (AvgIpc) is 3.48. The number of nitro groups is 1. The van der Waals surface area contributed by atoms with Gasteiger partial charge in [0.25, 0.3) is 15.7 Å². The largest absolute Gasteiger partial charge is 0.493 e. The molecular weight excluding hydrogens is 491 g/mol. The van der Waals surface area contributed by atoms with Crippen molar-refractivity contribution in [3.05, 3.63) is 57.5 Å². The molecule has 2 aromatic carbocycles. The SMILES string of the molecule is COc1ccc(S(=O)(=O)Nc2nc(-c3cccc([N+](=O)[O-])c3)c(CN3CCCC3)s2)cc1OC.[B]. The first kappa shape index (κ1) is 26.4. The van der Waals surface area contributed by atoms with Crippen LogP contribution in [-0.2, 0) is 16.6 Å². The van der Waals surface area contributed by atoms with Crippen molar-refractivity contribution in [1.82, 2.24) is 9.88 Å². The maximum Gasteiger partial charge on any atom is 0.270 e.